The van der Waals surface area contributed by atoms with Crippen LogP contribution in [0, 0.1) is 11.3 Å². The number of nitrogens with one attached hydrogen (secondary N) is 2. The van der Waals surface area contributed by atoms with E-state index in [0.717, 1.165) is 32.2 Å². The molecule has 0 aliphatic rings. The van der Waals surface area contributed by atoms with Crippen molar-refractivity contribution in [2.45, 2.75) is 52.5 Å². The average molecular weight is 237 g/mol. The van der Waals surface area contributed by atoms with Crippen LogP contribution in [0.4, 0.5) is 0 Å². The summed E-state index contributed by atoms with van der Waals surface area (Å²) in [7, 11) is 0. The molecule has 0 spiro atoms. The summed E-state index contributed by atoms with van der Waals surface area (Å²) in [6.45, 7) is 6.84. The summed E-state index contributed by atoms with van der Waals surface area (Å²) < 4.78 is 0. The minimum absolute atomic E-state index is 0.0966. The van der Waals surface area contributed by atoms with E-state index >= 15 is 0 Å². The molecule has 0 saturated carbocycles. The molecule has 0 saturated heterocycles. The molecule has 4 heteroatoms. The van der Waals surface area contributed by atoms with E-state index in [1.165, 1.54) is 6.20 Å². The SMILES string of the molecule is CCCCCN/C=C(/C#N)C(=O)NC(C)CC. The van der Waals surface area contributed by atoms with E-state index in [9.17, 15) is 4.79 Å². The first-order valence-corrected chi connectivity index (χ1v) is 6.30. The predicted octanol–water partition coefficient (Wildman–Crippen LogP) is 2.09. The molecule has 96 valence electrons. The minimum atomic E-state index is -0.301. The highest BCUT2D eigenvalue weighted by Gasteiger charge is 2.10. The summed E-state index contributed by atoms with van der Waals surface area (Å²) in [4.78, 5) is 11.6. The second-order valence-electron chi connectivity index (χ2n) is 4.11. The normalized spacial score (nSPS) is 12.7. The number of hydrogen-bond acceptors (Lipinski definition) is 3. The van der Waals surface area contributed by atoms with Gasteiger partial charge in [-0.15, -0.1) is 0 Å². The van der Waals surface area contributed by atoms with Crippen molar-refractivity contribution in [3.8, 4) is 6.07 Å². The molecule has 0 aromatic rings. The van der Waals surface area contributed by atoms with E-state index in [2.05, 4.69) is 17.6 Å². The number of carbonyl (C=O) groups excluding carboxylic acids is 1. The molecule has 0 aliphatic heterocycles. The maximum atomic E-state index is 11.6. The van der Waals surface area contributed by atoms with Crippen LogP contribution < -0.4 is 10.6 Å². The topological polar surface area (TPSA) is 64.9 Å². The largest absolute Gasteiger partial charge is 0.390 e. The van der Waals surface area contributed by atoms with E-state index in [1.54, 1.807) is 0 Å². The molecule has 4 nitrogen and oxygen atoms in total. The van der Waals surface area contributed by atoms with Gasteiger partial charge in [-0.05, 0) is 19.8 Å². The lowest BCUT2D eigenvalue weighted by atomic mass is 10.2. The van der Waals surface area contributed by atoms with Crippen molar-refractivity contribution in [1.29, 1.82) is 5.26 Å². The van der Waals surface area contributed by atoms with E-state index in [0.29, 0.717) is 0 Å². The summed E-state index contributed by atoms with van der Waals surface area (Å²) in [5, 5.41) is 14.6. The first kappa shape index (κ1) is 15.5. The lowest BCUT2D eigenvalue weighted by molar-refractivity contribution is -0.117. The van der Waals surface area contributed by atoms with Crippen molar-refractivity contribution in [2.75, 3.05) is 6.54 Å². The quantitative estimate of drug-likeness (QED) is 0.386. The van der Waals surface area contributed by atoms with Gasteiger partial charge in [0.2, 0.25) is 0 Å². The summed E-state index contributed by atoms with van der Waals surface area (Å²) in [5.41, 5.74) is 0.141. The van der Waals surface area contributed by atoms with Crippen molar-refractivity contribution in [3.63, 3.8) is 0 Å². The third-order valence-corrected chi connectivity index (χ3v) is 2.53. The maximum absolute atomic E-state index is 11.6. The van der Waals surface area contributed by atoms with Gasteiger partial charge in [0.25, 0.3) is 5.91 Å². The molecule has 1 atom stereocenters. The highest BCUT2D eigenvalue weighted by Crippen LogP contribution is 1.96. The van der Waals surface area contributed by atoms with Gasteiger partial charge in [-0.1, -0.05) is 26.7 Å². The Bertz CT molecular complexity index is 292. The van der Waals surface area contributed by atoms with Crippen molar-refractivity contribution < 1.29 is 4.79 Å². The molecular weight excluding hydrogens is 214 g/mol. The fraction of sp³-hybridized carbons (Fsp3) is 0.692. The lowest BCUT2D eigenvalue weighted by Gasteiger charge is -2.10. The molecule has 0 bridgehead atoms. The molecule has 1 amide bonds. The van der Waals surface area contributed by atoms with E-state index in [4.69, 9.17) is 5.26 Å². The van der Waals surface area contributed by atoms with Gasteiger partial charge in [-0.25, -0.2) is 0 Å². The van der Waals surface area contributed by atoms with E-state index in [1.807, 2.05) is 19.9 Å². The zero-order valence-electron chi connectivity index (χ0n) is 11.0. The Balaban J connectivity index is 4.08. The number of nitrogens with zero attached hydrogens (tertiary/aromatic N) is 1. The Morgan fingerprint density at radius 2 is 2.12 bits per heavy atom. The van der Waals surface area contributed by atoms with E-state index in [-0.39, 0.29) is 17.5 Å². The standard InChI is InChI=1S/C13H23N3O/c1-4-6-7-8-15-10-12(9-14)13(17)16-11(3)5-2/h10-11,15H,4-8H2,1-3H3,(H,16,17)/b12-10-. The van der Waals surface area contributed by atoms with Crippen LogP contribution in [0.3, 0.4) is 0 Å². The smallest absolute Gasteiger partial charge is 0.263 e. The molecule has 0 aromatic carbocycles. The summed E-state index contributed by atoms with van der Waals surface area (Å²) in [5.74, 6) is -0.301. The number of nitriles is 1. The van der Waals surface area contributed by atoms with Crippen LogP contribution in [0.2, 0.25) is 0 Å². The molecule has 0 fully saturated rings. The Labute approximate surface area is 104 Å². The number of hydrogen-bond donors (Lipinski definition) is 2. The molecule has 0 aromatic heterocycles. The average Bonchev–Trinajstić information content (AvgIpc) is 2.33. The van der Waals surface area contributed by atoms with Gasteiger partial charge < -0.3 is 10.6 Å². The summed E-state index contributed by atoms with van der Waals surface area (Å²) >= 11 is 0. The summed E-state index contributed by atoms with van der Waals surface area (Å²) in [6, 6.07) is 2.01. The van der Waals surface area contributed by atoms with Gasteiger partial charge in [0.05, 0.1) is 0 Å². The molecule has 2 N–H and O–H groups in total. The molecule has 0 aliphatic carbocycles. The van der Waals surface area contributed by atoms with Gasteiger partial charge >= 0.3 is 0 Å². The van der Waals surface area contributed by atoms with Crippen LogP contribution in [-0.2, 0) is 4.79 Å². The van der Waals surface area contributed by atoms with Crippen LogP contribution in [-0.4, -0.2) is 18.5 Å². The van der Waals surface area contributed by atoms with Crippen LogP contribution in [0.5, 0.6) is 0 Å². The molecular formula is C13H23N3O. The van der Waals surface area contributed by atoms with Gasteiger partial charge in [-0.3, -0.25) is 4.79 Å². The maximum Gasteiger partial charge on any atom is 0.263 e. The first-order chi connectivity index (χ1) is 8.15. The predicted molar refractivity (Wildman–Crippen MR) is 69.1 cm³/mol. The lowest BCUT2D eigenvalue weighted by Crippen LogP contribution is -2.33. The summed E-state index contributed by atoms with van der Waals surface area (Å²) in [6.07, 6.45) is 5.73. The molecule has 0 heterocycles. The number of unbranched alkanes of at least 4 members (excludes halogenated alkanes) is 2. The molecule has 0 radical (unpaired) electrons. The minimum Gasteiger partial charge on any atom is -0.390 e. The fourth-order valence-electron chi connectivity index (χ4n) is 1.20. The van der Waals surface area contributed by atoms with Crippen LogP contribution in [0.15, 0.2) is 11.8 Å². The van der Waals surface area contributed by atoms with Crippen molar-refractivity contribution in [1.82, 2.24) is 10.6 Å². The number of rotatable bonds is 8. The van der Waals surface area contributed by atoms with Crippen LogP contribution in [0.25, 0.3) is 0 Å². The van der Waals surface area contributed by atoms with Gasteiger partial charge in [0.15, 0.2) is 0 Å². The van der Waals surface area contributed by atoms with Crippen molar-refractivity contribution in [3.05, 3.63) is 11.8 Å². The van der Waals surface area contributed by atoms with Crippen molar-refractivity contribution >= 4 is 5.91 Å². The number of carbonyl (C=O) groups is 1. The molecule has 0 rings (SSSR count). The Kier molecular flexibility index (Phi) is 8.85. The monoisotopic (exact) mass is 237 g/mol. The fourth-order valence-corrected chi connectivity index (χ4v) is 1.20. The Hall–Kier alpha value is -1.50. The zero-order chi connectivity index (χ0) is 13.1. The van der Waals surface area contributed by atoms with E-state index < -0.39 is 0 Å². The second kappa shape index (κ2) is 9.71. The van der Waals surface area contributed by atoms with Crippen LogP contribution >= 0.6 is 0 Å². The molecule has 17 heavy (non-hydrogen) atoms. The second-order valence-corrected chi connectivity index (χ2v) is 4.11. The highest BCUT2D eigenvalue weighted by molar-refractivity contribution is 5.97. The number of amides is 1. The Morgan fingerprint density at radius 1 is 1.41 bits per heavy atom. The van der Waals surface area contributed by atoms with Gasteiger partial charge in [0.1, 0.15) is 11.6 Å². The molecule has 1 unspecified atom stereocenters. The third kappa shape index (κ3) is 7.40. The van der Waals surface area contributed by atoms with Gasteiger partial charge in [-0.2, -0.15) is 5.26 Å². The first-order valence-electron chi connectivity index (χ1n) is 6.30. The Morgan fingerprint density at radius 3 is 2.65 bits per heavy atom. The zero-order valence-corrected chi connectivity index (χ0v) is 11.0. The highest BCUT2D eigenvalue weighted by atomic mass is 16.1. The van der Waals surface area contributed by atoms with Crippen molar-refractivity contribution in [2.24, 2.45) is 0 Å². The van der Waals surface area contributed by atoms with Gasteiger partial charge in [0, 0.05) is 18.8 Å². The third-order valence-electron chi connectivity index (χ3n) is 2.53. The van der Waals surface area contributed by atoms with Crippen LogP contribution in [0.1, 0.15) is 46.5 Å².